The lowest BCUT2D eigenvalue weighted by Crippen LogP contribution is -1.93. The Kier molecular flexibility index (Phi) is 7.03. The van der Waals surface area contributed by atoms with E-state index in [4.69, 9.17) is 0 Å². The van der Waals surface area contributed by atoms with Gasteiger partial charge in [0.1, 0.15) is 0 Å². The summed E-state index contributed by atoms with van der Waals surface area (Å²) in [5, 5.41) is 7.55. The van der Waals surface area contributed by atoms with Gasteiger partial charge in [-0.05, 0) is 95.9 Å². The van der Waals surface area contributed by atoms with Crippen molar-refractivity contribution in [1.82, 2.24) is 0 Å². The first-order valence-corrected chi connectivity index (χ1v) is 14.8. The fraction of sp³-hybridized carbons (Fsp3) is 0.0233. The van der Waals surface area contributed by atoms with Crippen LogP contribution in [0.15, 0.2) is 170 Å². The van der Waals surface area contributed by atoms with Crippen LogP contribution in [0.1, 0.15) is 12.5 Å². The lowest BCUT2D eigenvalue weighted by Gasteiger charge is -2.19. The summed E-state index contributed by atoms with van der Waals surface area (Å²) in [6.45, 7) is 6.04. The molecule has 0 saturated heterocycles. The van der Waals surface area contributed by atoms with Gasteiger partial charge in [0.25, 0.3) is 0 Å². The van der Waals surface area contributed by atoms with Crippen molar-refractivity contribution in [1.29, 1.82) is 0 Å². The minimum Gasteiger partial charge on any atom is -0.0990 e. The van der Waals surface area contributed by atoms with Gasteiger partial charge in [0.05, 0.1) is 0 Å². The molecule has 7 rings (SSSR count). The Morgan fingerprint density at radius 3 is 1.65 bits per heavy atom. The van der Waals surface area contributed by atoms with E-state index in [0.29, 0.717) is 0 Å². The Morgan fingerprint density at radius 1 is 0.512 bits per heavy atom. The molecule has 0 heterocycles. The SMILES string of the molecule is C=C/C=C(\C=C/C)c1ccc(-c2c3ccccc3c(-c3ccc4ccccc4c3)c3ccccc23)cc1-c1ccccc1. The average molecular weight is 549 g/mol. The first-order chi connectivity index (χ1) is 21.3. The Balaban J connectivity index is 1.55. The predicted octanol–water partition coefficient (Wildman–Crippen LogP) is 12.3. The number of fused-ring (bicyclic) bond motifs is 3. The summed E-state index contributed by atoms with van der Waals surface area (Å²) in [4.78, 5) is 0. The molecule has 0 N–H and O–H groups in total. The molecular weight excluding hydrogens is 516 g/mol. The third kappa shape index (κ3) is 4.78. The van der Waals surface area contributed by atoms with E-state index in [-0.39, 0.29) is 0 Å². The molecule has 0 saturated carbocycles. The second kappa shape index (κ2) is 11.4. The molecule has 0 heteroatoms. The van der Waals surface area contributed by atoms with Crippen molar-refractivity contribution in [3.63, 3.8) is 0 Å². The second-order valence-corrected chi connectivity index (χ2v) is 10.9. The van der Waals surface area contributed by atoms with Gasteiger partial charge in [0.2, 0.25) is 0 Å². The smallest absolute Gasteiger partial charge is 0.00261 e. The minimum atomic E-state index is 1.14. The van der Waals surface area contributed by atoms with Gasteiger partial charge < -0.3 is 0 Å². The van der Waals surface area contributed by atoms with Crippen LogP contribution in [-0.4, -0.2) is 0 Å². The molecule has 0 aliphatic heterocycles. The highest BCUT2D eigenvalue weighted by molar-refractivity contribution is 6.22. The average Bonchev–Trinajstić information content (AvgIpc) is 3.07. The summed E-state index contributed by atoms with van der Waals surface area (Å²) in [6, 6.07) is 50.8. The summed E-state index contributed by atoms with van der Waals surface area (Å²) in [6.07, 6.45) is 8.20. The van der Waals surface area contributed by atoms with Crippen LogP contribution < -0.4 is 0 Å². The maximum atomic E-state index is 3.98. The van der Waals surface area contributed by atoms with Crippen molar-refractivity contribution in [3.8, 4) is 33.4 Å². The van der Waals surface area contributed by atoms with Gasteiger partial charge in [-0.1, -0.05) is 158 Å². The van der Waals surface area contributed by atoms with Crippen molar-refractivity contribution in [2.45, 2.75) is 6.92 Å². The number of benzene rings is 7. The summed E-state index contributed by atoms with van der Waals surface area (Å²) in [5.74, 6) is 0. The highest BCUT2D eigenvalue weighted by Gasteiger charge is 2.18. The molecule has 0 aliphatic carbocycles. The summed E-state index contributed by atoms with van der Waals surface area (Å²) in [5.41, 5.74) is 9.72. The van der Waals surface area contributed by atoms with Crippen molar-refractivity contribution in [2.24, 2.45) is 0 Å². The fourth-order valence-corrected chi connectivity index (χ4v) is 6.44. The molecule has 0 amide bonds. The second-order valence-electron chi connectivity index (χ2n) is 10.9. The van der Waals surface area contributed by atoms with Gasteiger partial charge in [-0.3, -0.25) is 0 Å². The Labute approximate surface area is 253 Å². The standard InChI is InChI=1S/C43H32/c1-3-14-31(15-4-2)36-27-26-35(29-41(36)32-17-6-5-7-18-32)43-39-22-12-10-20-37(39)42(38-21-11-13-23-40(38)43)34-25-24-30-16-8-9-19-33(30)28-34/h3-29H,1H2,2H3/b15-4-,31-14+. The molecule has 0 radical (unpaired) electrons. The van der Waals surface area contributed by atoms with E-state index in [1.807, 2.05) is 6.08 Å². The highest BCUT2D eigenvalue weighted by Crippen LogP contribution is 2.45. The molecule has 0 atom stereocenters. The molecular formula is C43H32. The molecule has 43 heavy (non-hydrogen) atoms. The lowest BCUT2D eigenvalue weighted by atomic mass is 9.84. The van der Waals surface area contributed by atoms with Crippen LogP contribution in [-0.2, 0) is 0 Å². The van der Waals surface area contributed by atoms with Crippen LogP contribution in [0, 0.1) is 0 Å². The normalized spacial score (nSPS) is 12.0. The number of hydrogen-bond acceptors (Lipinski definition) is 0. The first kappa shape index (κ1) is 26.4. The van der Waals surface area contributed by atoms with Crippen LogP contribution in [0.4, 0.5) is 0 Å². The molecule has 0 spiro atoms. The van der Waals surface area contributed by atoms with Gasteiger partial charge in [0.15, 0.2) is 0 Å². The van der Waals surface area contributed by atoms with E-state index >= 15 is 0 Å². The molecule has 7 aromatic carbocycles. The zero-order chi connectivity index (χ0) is 29.2. The van der Waals surface area contributed by atoms with Crippen molar-refractivity contribution in [3.05, 3.63) is 176 Å². The first-order valence-electron chi connectivity index (χ1n) is 14.8. The largest absolute Gasteiger partial charge is 0.0990 e. The zero-order valence-electron chi connectivity index (χ0n) is 24.3. The third-order valence-corrected chi connectivity index (χ3v) is 8.32. The van der Waals surface area contributed by atoms with Crippen molar-refractivity contribution in [2.75, 3.05) is 0 Å². The maximum Gasteiger partial charge on any atom is -0.00261 e. The summed E-state index contributed by atoms with van der Waals surface area (Å²) < 4.78 is 0. The number of hydrogen-bond donors (Lipinski definition) is 0. The molecule has 7 aromatic rings. The predicted molar refractivity (Wildman–Crippen MR) is 188 cm³/mol. The van der Waals surface area contributed by atoms with Crippen molar-refractivity contribution < 1.29 is 0 Å². The maximum absolute atomic E-state index is 3.98. The Hall–Kier alpha value is -5.46. The minimum absolute atomic E-state index is 1.14. The van der Waals surface area contributed by atoms with E-state index in [0.717, 1.165) is 5.57 Å². The van der Waals surface area contributed by atoms with Crippen LogP contribution in [0.25, 0.3) is 71.3 Å². The van der Waals surface area contributed by atoms with Gasteiger partial charge in [-0.2, -0.15) is 0 Å². The van der Waals surface area contributed by atoms with E-state index in [1.165, 1.54) is 71.3 Å². The van der Waals surface area contributed by atoms with E-state index < -0.39 is 0 Å². The summed E-state index contributed by atoms with van der Waals surface area (Å²) in [7, 11) is 0. The van der Waals surface area contributed by atoms with Crippen LogP contribution >= 0.6 is 0 Å². The Morgan fingerprint density at radius 2 is 1.05 bits per heavy atom. The van der Waals surface area contributed by atoms with E-state index in [9.17, 15) is 0 Å². The number of allylic oxidation sites excluding steroid dienone is 5. The molecule has 0 aliphatic rings. The monoisotopic (exact) mass is 548 g/mol. The van der Waals surface area contributed by atoms with Crippen LogP contribution in [0.5, 0.6) is 0 Å². The fourth-order valence-electron chi connectivity index (χ4n) is 6.44. The van der Waals surface area contributed by atoms with Crippen molar-refractivity contribution >= 4 is 37.9 Å². The Bertz CT molecular complexity index is 2140. The third-order valence-electron chi connectivity index (χ3n) is 8.32. The molecule has 204 valence electrons. The van der Waals surface area contributed by atoms with Gasteiger partial charge in [-0.15, -0.1) is 0 Å². The van der Waals surface area contributed by atoms with Gasteiger partial charge in [-0.25, -0.2) is 0 Å². The number of rotatable bonds is 6. The summed E-state index contributed by atoms with van der Waals surface area (Å²) >= 11 is 0. The highest BCUT2D eigenvalue weighted by atomic mass is 14.2. The topological polar surface area (TPSA) is 0 Å². The lowest BCUT2D eigenvalue weighted by molar-refractivity contribution is 1.56. The molecule has 0 bridgehead atoms. The van der Waals surface area contributed by atoms with Crippen LogP contribution in [0.2, 0.25) is 0 Å². The van der Waals surface area contributed by atoms with Gasteiger partial charge in [0, 0.05) is 0 Å². The molecule has 0 nitrogen and oxygen atoms in total. The van der Waals surface area contributed by atoms with Crippen LogP contribution in [0.3, 0.4) is 0 Å². The van der Waals surface area contributed by atoms with E-state index in [2.05, 4.69) is 171 Å². The molecule has 0 aromatic heterocycles. The van der Waals surface area contributed by atoms with E-state index in [1.54, 1.807) is 0 Å². The molecule has 0 fully saturated rings. The molecule has 0 unspecified atom stereocenters. The van der Waals surface area contributed by atoms with Gasteiger partial charge >= 0.3 is 0 Å². The zero-order valence-corrected chi connectivity index (χ0v) is 24.3. The quantitative estimate of drug-likeness (QED) is 0.143.